The zero-order valence-corrected chi connectivity index (χ0v) is 16.2. The fourth-order valence-corrected chi connectivity index (χ4v) is 2.91. The molecule has 0 saturated heterocycles. The van der Waals surface area contributed by atoms with Crippen molar-refractivity contribution in [3.63, 3.8) is 0 Å². The van der Waals surface area contributed by atoms with E-state index in [9.17, 15) is 22.8 Å². The Morgan fingerprint density at radius 3 is 2.63 bits per heavy atom. The van der Waals surface area contributed by atoms with Crippen molar-refractivity contribution in [2.24, 2.45) is 5.73 Å². The zero-order chi connectivity index (χ0) is 22.1. The molecule has 2 aromatic carbocycles. The van der Waals surface area contributed by atoms with Crippen molar-refractivity contribution >= 4 is 28.5 Å². The number of nitrogens with two attached hydrogens (primary N) is 1. The lowest BCUT2D eigenvalue weighted by Crippen LogP contribution is -2.37. The van der Waals surface area contributed by atoms with Crippen LogP contribution in [0.3, 0.4) is 0 Å². The van der Waals surface area contributed by atoms with Gasteiger partial charge in [0, 0.05) is 6.07 Å². The van der Waals surface area contributed by atoms with Crippen LogP contribution in [0.25, 0.3) is 22.3 Å². The summed E-state index contributed by atoms with van der Waals surface area (Å²) >= 11 is 6.09. The van der Waals surface area contributed by atoms with E-state index in [0.29, 0.717) is 0 Å². The van der Waals surface area contributed by atoms with Gasteiger partial charge in [-0.3, -0.25) is 9.59 Å². The van der Waals surface area contributed by atoms with Crippen LogP contribution in [0.4, 0.5) is 13.2 Å². The molecule has 1 heterocycles. The van der Waals surface area contributed by atoms with E-state index >= 15 is 0 Å². The second kappa shape index (κ2) is 8.37. The molecule has 3 aromatic rings. The standard InChI is InChI=1S/C20H15ClF3NO5/c1-28-19(27)14(25)9-29-16-7-10(20(22,23)24)5-6-12(16)17-8-15(26)11-3-2-4-13(21)18(11)30-17/h2-8,14H,9,25H2,1H3. The van der Waals surface area contributed by atoms with Crippen LogP contribution in [-0.2, 0) is 15.7 Å². The highest BCUT2D eigenvalue weighted by atomic mass is 35.5. The van der Waals surface area contributed by atoms with E-state index in [1.807, 2.05) is 0 Å². The summed E-state index contributed by atoms with van der Waals surface area (Å²) in [6, 6.07) is 7.14. The topological polar surface area (TPSA) is 91.8 Å². The highest BCUT2D eigenvalue weighted by Crippen LogP contribution is 2.38. The Morgan fingerprint density at radius 1 is 1.23 bits per heavy atom. The van der Waals surface area contributed by atoms with E-state index < -0.39 is 35.8 Å². The van der Waals surface area contributed by atoms with Crippen LogP contribution in [0.15, 0.2) is 51.7 Å². The smallest absolute Gasteiger partial charge is 0.416 e. The second-order valence-electron chi connectivity index (χ2n) is 6.24. The lowest BCUT2D eigenvalue weighted by molar-refractivity contribution is -0.143. The number of methoxy groups -OCH3 is 1. The number of para-hydroxylation sites is 1. The Bertz CT molecular complexity index is 1160. The second-order valence-corrected chi connectivity index (χ2v) is 6.65. The van der Waals surface area contributed by atoms with Gasteiger partial charge in [0.1, 0.15) is 24.2 Å². The van der Waals surface area contributed by atoms with Gasteiger partial charge in [-0.05, 0) is 30.3 Å². The van der Waals surface area contributed by atoms with Crippen LogP contribution in [0, 0.1) is 0 Å². The van der Waals surface area contributed by atoms with Crippen LogP contribution in [-0.4, -0.2) is 25.7 Å². The summed E-state index contributed by atoms with van der Waals surface area (Å²) < 4.78 is 55.0. The molecule has 0 amide bonds. The van der Waals surface area contributed by atoms with E-state index in [4.69, 9.17) is 26.5 Å². The summed E-state index contributed by atoms with van der Waals surface area (Å²) in [7, 11) is 1.12. The van der Waals surface area contributed by atoms with E-state index in [0.717, 1.165) is 31.4 Å². The van der Waals surface area contributed by atoms with Crippen molar-refractivity contribution in [2.45, 2.75) is 12.2 Å². The number of esters is 1. The molecule has 3 rings (SSSR count). The molecule has 2 N–H and O–H groups in total. The number of ether oxygens (including phenoxy) is 2. The molecule has 30 heavy (non-hydrogen) atoms. The minimum Gasteiger partial charge on any atom is -0.491 e. The molecular weight excluding hydrogens is 427 g/mol. The minimum atomic E-state index is -4.64. The summed E-state index contributed by atoms with van der Waals surface area (Å²) in [6.45, 7) is -0.459. The molecule has 0 bridgehead atoms. The minimum absolute atomic E-state index is 0.0546. The van der Waals surface area contributed by atoms with Crippen molar-refractivity contribution in [2.75, 3.05) is 13.7 Å². The first-order chi connectivity index (χ1) is 14.1. The third-order valence-electron chi connectivity index (χ3n) is 4.20. The average Bonchev–Trinajstić information content (AvgIpc) is 2.71. The number of benzene rings is 2. The Labute approximate surface area is 172 Å². The molecule has 6 nitrogen and oxygen atoms in total. The van der Waals surface area contributed by atoms with Crippen molar-refractivity contribution in [1.82, 2.24) is 0 Å². The van der Waals surface area contributed by atoms with Gasteiger partial charge < -0.3 is 19.6 Å². The molecule has 0 fully saturated rings. The van der Waals surface area contributed by atoms with E-state index in [1.54, 1.807) is 6.07 Å². The maximum absolute atomic E-state index is 13.2. The molecule has 1 atom stereocenters. The first-order valence-electron chi connectivity index (χ1n) is 8.52. The number of carbonyl (C=O) groups excluding carboxylic acids is 1. The third-order valence-corrected chi connectivity index (χ3v) is 4.50. The number of hydrogen-bond acceptors (Lipinski definition) is 6. The monoisotopic (exact) mass is 441 g/mol. The van der Waals surface area contributed by atoms with Gasteiger partial charge in [0.15, 0.2) is 11.0 Å². The number of carbonyl (C=O) groups is 1. The summed E-state index contributed by atoms with van der Waals surface area (Å²) in [6.07, 6.45) is -4.64. The fraction of sp³-hybridized carbons (Fsp3) is 0.200. The summed E-state index contributed by atoms with van der Waals surface area (Å²) in [5.41, 5.74) is 4.30. The molecule has 1 unspecified atom stereocenters. The molecule has 158 valence electrons. The maximum atomic E-state index is 13.2. The van der Waals surface area contributed by atoms with Gasteiger partial charge in [0.05, 0.1) is 28.6 Å². The Kier molecular flexibility index (Phi) is 6.04. The van der Waals surface area contributed by atoms with Gasteiger partial charge >= 0.3 is 12.1 Å². The van der Waals surface area contributed by atoms with Gasteiger partial charge in [-0.25, -0.2) is 0 Å². The fourth-order valence-electron chi connectivity index (χ4n) is 2.70. The van der Waals surface area contributed by atoms with Gasteiger partial charge in [-0.15, -0.1) is 0 Å². The van der Waals surface area contributed by atoms with Crippen molar-refractivity contribution in [3.8, 4) is 17.1 Å². The first kappa shape index (κ1) is 21.7. The third kappa shape index (κ3) is 4.42. The van der Waals surface area contributed by atoms with E-state index in [1.165, 1.54) is 12.1 Å². The quantitative estimate of drug-likeness (QED) is 0.601. The van der Waals surface area contributed by atoms with Crippen LogP contribution in [0.2, 0.25) is 5.02 Å². The molecule has 10 heteroatoms. The molecule has 0 spiro atoms. The lowest BCUT2D eigenvalue weighted by atomic mass is 10.1. The normalized spacial score (nSPS) is 12.6. The number of fused-ring (bicyclic) bond motifs is 1. The predicted molar refractivity (Wildman–Crippen MR) is 103 cm³/mol. The first-order valence-corrected chi connectivity index (χ1v) is 8.90. The molecule has 0 radical (unpaired) electrons. The van der Waals surface area contributed by atoms with Gasteiger partial charge in [0.2, 0.25) is 0 Å². The summed E-state index contributed by atoms with van der Waals surface area (Å²) in [4.78, 5) is 23.9. The molecule has 0 aliphatic carbocycles. The number of halogens is 4. The largest absolute Gasteiger partial charge is 0.491 e. The summed E-state index contributed by atoms with van der Waals surface area (Å²) in [5.74, 6) is -1.14. The van der Waals surface area contributed by atoms with E-state index in [-0.39, 0.29) is 33.1 Å². The SMILES string of the molecule is COC(=O)C(N)COc1cc(C(F)(F)F)ccc1-c1cc(=O)c2cccc(Cl)c2o1. The zero-order valence-electron chi connectivity index (χ0n) is 15.5. The predicted octanol–water partition coefficient (Wildman–Crippen LogP) is 4.01. The lowest BCUT2D eigenvalue weighted by Gasteiger charge is -2.16. The van der Waals surface area contributed by atoms with Gasteiger partial charge in [-0.2, -0.15) is 13.2 Å². The van der Waals surface area contributed by atoms with Crippen molar-refractivity contribution in [1.29, 1.82) is 0 Å². The van der Waals surface area contributed by atoms with Crippen LogP contribution >= 0.6 is 11.6 Å². The molecular formula is C20H15ClF3NO5. The van der Waals surface area contributed by atoms with Gasteiger partial charge in [-0.1, -0.05) is 17.7 Å². The number of alkyl halides is 3. The molecule has 0 aliphatic rings. The molecule has 0 saturated carbocycles. The Morgan fingerprint density at radius 2 is 1.97 bits per heavy atom. The molecule has 1 aromatic heterocycles. The van der Waals surface area contributed by atoms with Crippen LogP contribution in [0.1, 0.15) is 5.56 Å². The van der Waals surface area contributed by atoms with E-state index in [2.05, 4.69) is 4.74 Å². The number of rotatable bonds is 5. The average molecular weight is 442 g/mol. The number of hydrogen-bond donors (Lipinski definition) is 1. The maximum Gasteiger partial charge on any atom is 0.416 e. The van der Waals surface area contributed by atoms with Gasteiger partial charge in [0.25, 0.3) is 0 Å². The molecule has 0 aliphatic heterocycles. The van der Waals surface area contributed by atoms with Crippen molar-refractivity contribution in [3.05, 3.63) is 63.3 Å². The van der Waals surface area contributed by atoms with Crippen molar-refractivity contribution < 1.29 is 31.9 Å². The summed E-state index contributed by atoms with van der Waals surface area (Å²) in [5, 5.41) is 0.377. The highest BCUT2D eigenvalue weighted by molar-refractivity contribution is 6.34. The van der Waals surface area contributed by atoms with Crippen LogP contribution < -0.4 is 15.9 Å². The highest BCUT2D eigenvalue weighted by Gasteiger charge is 2.32. The Hall–Kier alpha value is -3.04. The van der Waals surface area contributed by atoms with Crippen LogP contribution in [0.5, 0.6) is 5.75 Å². The Balaban J connectivity index is 2.12.